The van der Waals surface area contributed by atoms with Crippen LogP contribution in [0.3, 0.4) is 0 Å². The summed E-state index contributed by atoms with van der Waals surface area (Å²) in [6, 6.07) is 4.70. The first-order chi connectivity index (χ1) is 7.39. The molecule has 0 aliphatic carbocycles. The first-order valence-electron chi connectivity index (χ1n) is 5.24. The van der Waals surface area contributed by atoms with Crippen molar-refractivity contribution in [3.8, 4) is 0 Å². The molecule has 1 aromatic heterocycles. The average Bonchev–Trinajstić information content (AvgIpc) is 2.57. The van der Waals surface area contributed by atoms with Gasteiger partial charge >= 0.3 is 0 Å². The standard InChI is InChI=1S/C13H15FOS/c1-13(2,3)12(15)10-7-16-11-5-4-8(14)6-9(10)11/h4-7,12,15H,1-3H3. The maximum absolute atomic E-state index is 13.2. The Morgan fingerprint density at radius 3 is 2.62 bits per heavy atom. The molecule has 3 heteroatoms. The highest BCUT2D eigenvalue weighted by atomic mass is 32.1. The van der Waals surface area contributed by atoms with Crippen LogP contribution in [0, 0.1) is 11.2 Å². The number of rotatable bonds is 1. The molecule has 1 nitrogen and oxygen atoms in total. The number of benzene rings is 1. The summed E-state index contributed by atoms with van der Waals surface area (Å²) in [5.74, 6) is -0.256. The van der Waals surface area contributed by atoms with Crippen LogP contribution >= 0.6 is 11.3 Å². The lowest BCUT2D eigenvalue weighted by atomic mass is 9.85. The van der Waals surface area contributed by atoms with Gasteiger partial charge in [0.1, 0.15) is 5.82 Å². The quantitative estimate of drug-likeness (QED) is 0.792. The van der Waals surface area contributed by atoms with E-state index in [0.717, 1.165) is 15.6 Å². The zero-order valence-corrected chi connectivity index (χ0v) is 10.4. The maximum Gasteiger partial charge on any atom is 0.123 e. The molecule has 1 atom stereocenters. The van der Waals surface area contributed by atoms with Gasteiger partial charge in [0, 0.05) is 10.1 Å². The summed E-state index contributed by atoms with van der Waals surface area (Å²) >= 11 is 1.54. The normalized spacial score (nSPS) is 14.3. The highest BCUT2D eigenvalue weighted by Crippen LogP contribution is 2.39. The van der Waals surface area contributed by atoms with Gasteiger partial charge in [0.05, 0.1) is 6.10 Å². The van der Waals surface area contributed by atoms with Crippen molar-refractivity contribution < 1.29 is 9.50 Å². The van der Waals surface area contributed by atoms with E-state index >= 15 is 0 Å². The number of halogens is 1. The van der Waals surface area contributed by atoms with Crippen molar-refractivity contribution in [2.24, 2.45) is 5.41 Å². The largest absolute Gasteiger partial charge is 0.388 e. The average molecular weight is 238 g/mol. The van der Waals surface area contributed by atoms with Crippen LogP contribution in [-0.4, -0.2) is 5.11 Å². The van der Waals surface area contributed by atoms with Crippen molar-refractivity contribution >= 4 is 21.4 Å². The minimum absolute atomic E-state index is 0.236. The van der Waals surface area contributed by atoms with Crippen LogP contribution in [0.25, 0.3) is 10.1 Å². The van der Waals surface area contributed by atoms with Crippen molar-refractivity contribution in [2.75, 3.05) is 0 Å². The Morgan fingerprint density at radius 1 is 1.31 bits per heavy atom. The lowest BCUT2D eigenvalue weighted by molar-refractivity contribution is 0.0642. The molecule has 0 aliphatic heterocycles. The van der Waals surface area contributed by atoms with Crippen LogP contribution in [0.1, 0.15) is 32.4 Å². The molecule has 0 bridgehead atoms. The fourth-order valence-corrected chi connectivity index (χ4v) is 2.66. The summed E-state index contributed by atoms with van der Waals surface area (Å²) in [4.78, 5) is 0. The van der Waals surface area contributed by atoms with E-state index in [9.17, 15) is 9.50 Å². The number of hydrogen-bond acceptors (Lipinski definition) is 2. The molecule has 1 aromatic carbocycles. The molecule has 0 radical (unpaired) electrons. The van der Waals surface area contributed by atoms with Crippen LogP contribution in [-0.2, 0) is 0 Å². The second-order valence-electron chi connectivity index (χ2n) is 5.10. The van der Waals surface area contributed by atoms with Crippen molar-refractivity contribution in [2.45, 2.75) is 26.9 Å². The molecule has 0 aliphatic rings. The Labute approximate surface area is 98.5 Å². The Hall–Kier alpha value is -0.930. The third-order valence-electron chi connectivity index (χ3n) is 2.68. The molecule has 1 heterocycles. The first-order valence-corrected chi connectivity index (χ1v) is 6.12. The van der Waals surface area contributed by atoms with Gasteiger partial charge in [-0.25, -0.2) is 4.39 Å². The summed E-state index contributed by atoms with van der Waals surface area (Å²) in [5, 5.41) is 13.0. The number of aliphatic hydroxyl groups is 1. The van der Waals surface area contributed by atoms with Gasteiger partial charge in [-0.05, 0) is 34.6 Å². The predicted octanol–water partition coefficient (Wildman–Crippen LogP) is 4.12. The fourth-order valence-electron chi connectivity index (χ4n) is 1.70. The number of hydrogen-bond donors (Lipinski definition) is 1. The Morgan fingerprint density at radius 2 is 2.00 bits per heavy atom. The SMILES string of the molecule is CC(C)(C)C(O)c1csc2ccc(F)cc12. The molecule has 86 valence electrons. The highest BCUT2D eigenvalue weighted by Gasteiger charge is 2.26. The van der Waals surface area contributed by atoms with Crippen LogP contribution in [0.5, 0.6) is 0 Å². The minimum Gasteiger partial charge on any atom is -0.388 e. The monoisotopic (exact) mass is 238 g/mol. The van der Waals surface area contributed by atoms with E-state index in [1.54, 1.807) is 17.4 Å². The van der Waals surface area contributed by atoms with Crippen LogP contribution < -0.4 is 0 Å². The summed E-state index contributed by atoms with van der Waals surface area (Å²) in [6.45, 7) is 5.92. The van der Waals surface area contributed by atoms with Gasteiger partial charge in [-0.15, -0.1) is 11.3 Å². The predicted molar refractivity (Wildman–Crippen MR) is 66.2 cm³/mol. The van der Waals surface area contributed by atoms with Gasteiger partial charge in [-0.2, -0.15) is 0 Å². The number of thiophene rings is 1. The topological polar surface area (TPSA) is 20.2 Å². The number of aliphatic hydroxyl groups excluding tert-OH is 1. The third-order valence-corrected chi connectivity index (χ3v) is 3.66. The zero-order chi connectivity index (χ0) is 11.9. The van der Waals surface area contributed by atoms with Gasteiger partial charge in [-0.3, -0.25) is 0 Å². The second kappa shape index (κ2) is 3.82. The Bertz CT molecular complexity index is 510. The van der Waals surface area contributed by atoms with E-state index in [2.05, 4.69) is 0 Å². The summed E-state index contributed by atoms with van der Waals surface area (Å²) in [6.07, 6.45) is -0.567. The van der Waals surface area contributed by atoms with Gasteiger partial charge < -0.3 is 5.11 Å². The molecule has 2 aromatic rings. The molecule has 0 saturated heterocycles. The second-order valence-corrected chi connectivity index (χ2v) is 6.01. The molecular formula is C13H15FOS. The fraction of sp³-hybridized carbons (Fsp3) is 0.385. The Balaban J connectivity index is 2.57. The molecule has 0 fully saturated rings. The van der Waals surface area contributed by atoms with Crippen molar-refractivity contribution in [1.82, 2.24) is 0 Å². The Kier molecular flexibility index (Phi) is 2.76. The van der Waals surface area contributed by atoms with Crippen LogP contribution in [0.4, 0.5) is 4.39 Å². The van der Waals surface area contributed by atoms with Crippen LogP contribution in [0.15, 0.2) is 23.6 Å². The lowest BCUT2D eigenvalue weighted by Crippen LogP contribution is -2.17. The zero-order valence-electron chi connectivity index (χ0n) is 9.62. The smallest absolute Gasteiger partial charge is 0.123 e. The van der Waals surface area contributed by atoms with E-state index in [1.807, 2.05) is 26.2 Å². The van der Waals surface area contributed by atoms with Gasteiger partial charge in [0.15, 0.2) is 0 Å². The van der Waals surface area contributed by atoms with Crippen LogP contribution in [0.2, 0.25) is 0 Å². The summed E-state index contributed by atoms with van der Waals surface area (Å²) in [5.41, 5.74) is 0.590. The van der Waals surface area contributed by atoms with E-state index in [0.29, 0.717) is 0 Å². The maximum atomic E-state index is 13.2. The van der Waals surface area contributed by atoms with Crippen molar-refractivity contribution in [3.05, 3.63) is 35.0 Å². The molecule has 0 spiro atoms. The summed E-state index contributed by atoms with van der Waals surface area (Å²) in [7, 11) is 0. The lowest BCUT2D eigenvalue weighted by Gasteiger charge is -2.25. The molecule has 1 unspecified atom stereocenters. The first kappa shape index (κ1) is 11.6. The molecule has 1 N–H and O–H groups in total. The molecular weight excluding hydrogens is 223 g/mol. The van der Waals surface area contributed by atoms with E-state index in [-0.39, 0.29) is 11.2 Å². The third kappa shape index (κ3) is 1.97. The van der Waals surface area contributed by atoms with Gasteiger partial charge in [0.25, 0.3) is 0 Å². The van der Waals surface area contributed by atoms with E-state index in [4.69, 9.17) is 0 Å². The van der Waals surface area contributed by atoms with Crippen molar-refractivity contribution in [1.29, 1.82) is 0 Å². The minimum atomic E-state index is -0.567. The van der Waals surface area contributed by atoms with E-state index < -0.39 is 6.10 Å². The molecule has 0 saturated carbocycles. The van der Waals surface area contributed by atoms with E-state index in [1.165, 1.54) is 12.1 Å². The molecule has 2 rings (SSSR count). The number of fused-ring (bicyclic) bond motifs is 1. The highest BCUT2D eigenvalue weighted by molar-refractivity contribution is 7.17. The van der Waals surface area contributed by atoms with Crippen molar-refractivity contribution in [3.63, 3.8) is 0 Å². The molecule has 0 amide bonds. The van der Waals surface area contributed by atoms with Gasteiger partial charge in [0.2, 0.25) is 0 Å². The molecule has 16 heavy (non-hydrogen) atoms. The van der Waals surface area contributed by atoms with Gasteiger partial charge in [-0.1, -0.05) is 20.8 Å². The summed E-state index contributed by atoms with van der Waals surface area (Å²) < 4.78 is 14.2.